The maximum Gasteiger partial charge on any atom is 0.178 e. The van der Waals surface area contributed by atoms with Gasteiger partial charge < -0.3 is 0 Å². The Bertz CT molecular complexity index is 209. The summed E-state index contributed by atoms with van der Waals surface area (Å²) in [6.07, 6.45) is 5.55. The quantitative estimate of drug-likeness (QED) is 0.327. The minimum Gasteiger partial charge on any atom is -0.290 e. The summed E-state index contributed by atoms with van der Waals surface area (Å²) < 4.78 is 0. The Balaban J connectivity index is 2.71. The Labute approximate surface area is 57.0 Å². The molecule has 0 fully saturated rings. The fourth-order valence-corrected chi connectivity index (χ4v) is 0.554. The van der Waals surface area contributed by atoms with Crippen LogP contribution in [0.1, 0.15) is 0 Å². The van der Waals surface area contributed by atoms with Gasteiger partial charge in [0.2, 0.25) is 0 Å². The first kappa shape index (κ1) is 6.70. The number of carbonyl (C=O) groups is 1. The van der Waals surface area contributed by atoms with Crippen molar-refractivity contribution in [1.82, 2.24) is 0 Å². The third-order valence-corrected chi connectivity index (χ3v) is 0.983. The van der Waals surface area contributed by atoms with Crippen LogP contribution in [0.3, 0.4) is 0 Å². The molecule has 0 atom stereocenters. The number of ketones is 1. The van der Waals surface area contributed by atoms with Crippen molar-refractivity contribution in [2.24, 2.45) is 5.16 Å². The van der Waals surface area contributed by atoms with Gasteiger partial charge in [0.05, 0.1) is 0 Å². The molecule has 4 heteroatoms. The smallest absolute Gasteiger partial charge is 0.178 e. The molecule has 1 aliphatic rings. The molecular weight excluding hydrogens is 134 g/mol. The zero-order valence-corrected chi connectivity index (χ0v) is 5.02. The molecule has 0 bridgehead atoms. The Morgan fingerprint density at radius 3 is 2.40 bits per heavy atom. The molecule has 0 radical (unpaired) electrons. The minimum absolute atomic E-state index is 0.100. The number of hydrogen-bond acceptors (Lipinski definition) is 4. The first-order valence-corrected chi connectivity index (χ1v) is 2.61. The molecule has 52 valence electrons. The van der Waals surface area contributed by atoms with Crippen LogP contribution >= 0.6 is 0 Å². The van der Waals surface area contributed by atoms with E-state index in [0.717, 1.165) is 0 Å². The van der Waals surface area contributed by atoms with Gasteiger partial charge in [0.15, 0.2) is 5.78 Å². The molecule has 0 aromatic carbocycles. The van der Waals surface area contributed by atoms with Crippen LogP contribution in [0.5, 0.6) is 0 Å². The van der Waals surface area contributed by atoms with E-state index in [1.54, 1.807) is 0 Å². The van der Waals surface area contributed by atoms with E-state index in [0.29, 0.717) is 5.71 Å². The highest BCUT2D eigenvalue weighted by Gasteiger charge is 1.98. The van der Waals surface area contributed by atoms with E-state index >= 15 is 0 Å². The fraction of sp³-hybridized carbons (Fsp3) is 0. The summed E-state index contributed by atoms with van der Waals surface area (Å²) in [5, 5.41) is 11.0. The van der Waals surface area contributed by atoms with Gasteiger partial charge in [-0.15, -0.1) is 0 Å². The summed E-state index contributed by atoms with van der Waals surface area (Å²) in [5.74, 6) is -0.100. The maximum absolute atomic E-state index is 10.5. The Kier molecular flexibility index (Phi) is 1.96. The number of rotatable bonds is 1. The fourth-order valence-electron chi connectivity index (χ4n) is 0.554. The summed E-state index contributed by atoms with van der Waals surface area (Å²) in [6, 6.07) is 0. The Morgan fingerprint density at radius 1 is 1.30 bits per heavy atom. The molecule has 1 N–H and O–H groups in total. The highest BCUT2D eigenvalue weighted by molar-refractivity contribution is 6.16. The SMILES string of the molecule is O=C1C=CC(=NOO)C=C1. The molecular formula is C6H5NO3. The minimum atomic E-state index is -0.100. The van der Waals surface area contributed by atoms with Gasteiger partial charge in [0, 0.05) is 0 Å². The van der Waals surface area contributed by atoms with E-state index in [1.807, 2.05) is 0 Å². The predicted octanol–water partition coefficient (Wildman–Crippen LogP) is 0.527. The molecule has 0 aromatic heterocycles. The van der Waals surface area contributed by atoms with Crippen molar-refractivity contribution < 1.29 is 15.0 Å². The zero-order valence-electron chi connectivity index (χ0n) is 5.02. The topological polar surface area (TPSA) is 58.9 Å². The normalized spacial score (nSPS) is 15.7. The summed E-state index contributed by atoms with van der Waals surface area (Å²) in [5.41, 5.74) is 0.405. The average molecular weight is 139 g/mol. The second kappa shape index (κ2) is 2.93. The van der Waals surface area contributed by atoms with Crippen molar-refractivity contribution in [3.05, 3.63) is 24.3 Å². The summed E-state index contributed by atoms with van der Waals surface area (Å²) in [4.78, 5) is 14.0. The van der Waals surface area contributed by atoms with Gasteiger partial charge >= 0.3 is 0 Å². The molecule has 10 heavy (non-hydrogen) atoms. The largest absolute Gasteiger partial charge is 0.290 e. The molecule has 0 unspecified atom stereocenters. The first-order valence-electron chi connectivity index (χ1n) is 2.61. The van der Waals surface area contributed by atoms with Gasteiger partial charge in [0.1, 0.15) is 5.71 Å². The van der Waals surface area contributed by atoms with E-state index < -0.39 is 0 Å². The molecule has 0 heterocycles. The van der Waals surface area contributed by atoms with E-state index in [9.17, 15) is 4.79 Å². The van der Waals surface area contributed by atoms with Crippen LogP contribution < -0.4 is 0 Å². The Hall–Kier alpha value is -1.42. The van der Waals surface area contributed by atoms with E-state index in [1.165, 1.54) is 24.3 Å². The van der Waals surface area contributed by atoms with Gasteiger partial charge in [-0.05, 0) is 29.5 Å². The van der Waals surface area contributed by atoms with Crippen LogP contribution in [0, 0.1) is 0 Å². The lowest BCUT2D eigenvalue weighted by Gasteiger charge is -1.93. The van der Waals surface area contributed by atoms with Crippen molar-refractivity contribution in [3.63, 3.8) is 0 Å². The summed E-state index contributed by atoms with van der Waals surface area (Å²) in [6.45, 7) is 0. The molecule has 0 spiro atoms. The maximum atomic E-state index is 10.5. The summed E-state index contributed by atoms with van der Waals surface area (Å²) in [7, 11) is 0. The summed E-state index contributed by atoms with van der Waals surface area (Å²) >= 11 is 0. The second-order valence-corrected chi connectivity index (χ2v) is 1.67. The number of nitrogens with zero attached hydrogens (tertiary/aromatic N) is 1. The number of carbonyl (C=O) groups excluding carboxylic acids is 1. The lowest BCUT2D eigenvalue weighted by atomic mass is 10.2. The predicted molar refractivity (Wildman–Crippen MR) is 34.4 cm³/mol. The van der Waals surface area contributed by atoms with E-state index in [2.05, 4.69) is 10.1 Å². The molecule has 4 nitrogen and oxygen atoms in total. The van der Waals surface area contributed by atoms with Crippen LogP contribution in [-0.4, -0.2) is 16.8 Å². The van der Waals surface area contributed by atoms with Gasteiger partial charge in [-0.2, -0.15) is 5.26 Å². The standard InChI is InChI=1S/C6H5NO3/c8-6-3-1-5(2-4-6)7-10-9/h1-4,9H. The zero-order chi connectivity index (χ0) is 7.40. The Morgan fingerprint density at radius 2 is 1.90 bits per heavy atom. The van der Waals surface area contributed by atoms with Crippen LogP contribution in [0.2, 0.25) is 0 Å². The van der Waals surface area contributed by atoms with E-state index in [-0.39, 0.29) is 5.78 Å². The highest BCUT2D eigenvalue weighted by atomic mass is 17.2. The van der Waals surface area contributed by atoms with Gasteiger partial charge in [-0.1, -0.05) is 0 Å². The molecule has 0 amide bonds. The molecule has 0 aliphatic heterocycles. The third kappa shape index (κ3) is 1.53. The van der Waals surface area contributed by atoms with Crippen molar-refractivity contribution in [2.45, 2.75) is 0 Å². The van der Waals surface area contributed by atoms with Gasteiger partial charge in [-0.3, -0.25) is 4.79 Å². The highest BCUT2D eigenvalue weighted by Crippen LogP contribution is 1.94. The average Bonchev–Trinajstić information content (AvgIpc) is 1.95. The van der Waals surface area contributed by atoms with Crippen molar-refractivity contribution >= 4 is 11.5 Å². The van der Waals surface area contributed by atoms with Crippen LogP contribution in [0.4, 0.5) is 0 Å². The number of hydrogen-bond donors (Lipinski definition) is 1. The molecule has 0 aromatic rings. The van der Waals surface area contributed by atoms with E-state index in [4.69, 9.17) is 5.26 Å². The van der Waals surface area contributed by atoms with Crippen LogP contribution in [0.25, 0.3) is 0 Å². The van der Waals surface area contributed by atoms with Crippen molar-refractivity contribution in [1.29, 1.82) is 0 Å². The van der Waals surface area contributed by atoms with Crippen molar-refractivity contribution in [2.75, 3.05) is 0 Å². The third-order valence-electron chi connectivity index (χ3n) is 0.983. The van der Waals surface area contributed by atoms with Crippen LogP contribution in [-0.2, 0) is 9.78 Å². The number of allylic oxidation sites excluding steroid dienone is 4. The molecule has 1 rings (SSSR count). The lowest BCUT2D eigenvalue weighted by molar-refractivity contribution is -0.242. The second-order valence-electron chi connectivity index (χ2n) is 1.67. The van der Waals surface area contributed by atoms with Crippen LogP contribution in [0.15, 0.2) is 29.5 Å². The molecule has 1 aliphatic carbocycles. The molecule has 0 saturated carbocycles. The first-order chi connectivity index (χ1) is 4.83. The van der Waals surface area contributed by atoms with Gasteiger partial charge in [0.25, 0.3) is 0 Å². The van der Waals surface area contributed by atoms with Gasteiger partial charge in [-0.25, -0.2) is 4.99 Å². The van der Waals surface area contributed by atoms with Crippen molar-refractivity contribution in [3.8, 4) is 0 Å². The lowest BCUT2D eigenvalue weighted by Crippen LogP contribution is -1.99. The molecule has 0 saturated heterocycles. The monoisotopic (exact) mass is 139 g/mol. The number of oxime groups is 1.